The molecule has 2 N–H and O–H groups in total. The smallest absolute Gasteiger partial charge is 0.318 e. The van der Waals surface area contributed by atoms with Crippen LogP contribution in [0.2, 0.25) is 0 Å². The van der Waals surface area contributed by atoms with Crippen molar-refractivity contribution >= 4 is 34.1 Å². The lowest BCUT2D eigenvalue weighted by Gasteiger charge is -2.39. The fourth-order valence-electron chi connectivity index (χ4n) is 4.73. The molecule has 0 atom stereocenters. The zero-order chi connectivity index (χ0) is 27.8. The highest BCUT2D eigenvalue weighted by Gasteiger charge is 2.28. The fraction of sp³-hybridized carbons (Fsp3) is 0.367. The molecule has 3 aromatic rings. The van der Waals surface area contributed by atoms with Crippen molar-refractivity contribution in [1.29, 1.82) is 0 Å². The van der Waals surface area contributed by atoms with Gasteiger partial charge in [0.25, 0.3) is 0 Å². The third-order valence-electron chi connectivity index (χ3n) is 6.59. The second kappa shape index (κ2) is 14.4. The summed E-state index contributed by atoms with van der Waals surface area (Å²) in [5.41, 5.74) is 2.84. The van der Waals surface area contributed by atoms with Crippen LogP contribution >= 0.6 is 12.4 Å². The van der Waals surface area contributed by atoms with Crippen molar-refractivity contribution in [3.8, 4) is 11.5 Å². The van der Waals surface area contributed by atoms with Crippen LogP contribution in [0.25, 0.3) is 0 Å². The van der Waals surface area contributed by atoms with Crippen LogP contribution in [0.1, 0.15) is 37.8 Å². The first kappa shape index (κ1) is 31.3. The third kappa shape index (κ3) is 9.73. The van der Waals surface area contributed by atoms with E-state index in [0.29, 0.717) is 23.7 Å². The van der Waals surface area contributed by atoms with E-state index < -0.39 is 10.0 Å². The number of hydrogen-bond donors (Lipinski definition) is 2. The molecule has 8 nitrogen and oxygen atoms in total. The summed E-state index contributed by atoms with van der Waals surface area (Å²) in [7, 11) is -3.31. The molecule has 1 heterocycles. The zero-order valence-electron chi connectivity index (χ0n) is 23.2. The normalized spacial score (nSPS) is 14.3. The molecule has 1 saturated heterocycles. The van der Waals surface area contributed by atoms with Gasteiger partial charge in [-0.25, -0.2) is 13.2 Å². The highest BCUT2D eigenvalue weighted by atomic mass is 35.5. The van der Waals surface area contributed by atoms with Gasteiger partial charge in [-0.15, -0.1) is 12.4 Å². The van der Waals surface area contributed by atoms with Crippen LogP contribution < -0.4 is 14.8 Å². The molecule has 1 aliphatic heterocycles. The maximum atomic E-state index is 13.0. The fourth-order valence-corrected chi connectivity index (χ4v) is 5.29. The molecule has 216 valence electrons. The van der Waals surface area contributed by atoms with Crippen molar-refractivity contribution in [3.63, 3.8) is 0 Å². The number of nitrogens with zero attached hydrogens (tertiary/aromatic N) is 2. The highest BCUT2D eigenvalue weighted by Crippen LogP contribution is 2.25. The van der Waals surface area contributed by atoms with E-state index in [1.807, 2.05) is 49.1 Å². The summed E-state index contributed by atoms with van der Waals surface area (Å²) >= 11 is 0. The van der Waals surface area contributed by atoms with Gasteiger partial charge in [0.05, 0.1) is 6.26 Å². The predicted molar refractivity (Wildman–Crippen MR) is 163 cm³/mol. The van der Waals surface area contributed by atoms with Crippen molar-refractivity contribution in [2.24, 2.45) is 0 Å². The lowest BCUT2D eigenvalue weighted by Crippen LogP contribution is -2.51. The summed E-state index contributed by atoms with van der Waals surface area (Å²) < 4.78 is 31.1. The summed E-state index contributed by atoms with van der Waals surface area (Å²) in [6.45, 7) is 7.30. The van der Waals surface area contributed by atoms with E-state index in [1.54, 1.807) is 24.3 Å². The minimum absolute atomic E-state index is 0. The van der Waals surface area contributed by atoms with Crippen LogP contribution in [0.4, 0.5) is 10.5 Å². The number of urea groups is 1. The minimum atomic E-state index is -3.31. The van der Waals surface area contributed by atoms with E-state index in [2.05, 4.69) is 39.2 Å². The molecular formula is C30H39ClN4O4S. The molecule has 3 aromatic carbocycles. The first-order chi connectivity index (χ1) is 18.6. The third-order valence-corrected chi connectivity index (χ3v) is 7.20. The molecule has 0 spiro atoms. The number of amides is 2. The zero-order valence-corrected chi connectivity index (χ0v) is 24.9. The number of benzene rings is 3. The lowest BCUT2D eigenvalue weighted by molar-refractivity contribution is 0.112. The number of rotatable bonds is 10. The molecule has 40 heavy (non-hydrogen) atoms. The number of anilines is 1. The number of hydrogen-bond acceptors (Lipinski definition) is 5. The predicted octanol–water partition coefficient (Wildman–Crippen LogP) is 5.86. The first-order valence-electron chi connectivity index (χ1n) is 13.3. The maximum absolute atomic E-state index is 13.0. The van der Waals surface area contributed by atoms with Crippen molar-refractivity contribution < 1.29 is 17.9 Å². The van der Waals surface area contributed by atoms with E-state index in [4.69, 9.17) is 4.74 Å². The number of nitrogens with one attached hydrogen (secondary N) is 2. The molecule has 0 radical (unpaired) electrons. The molecule has 0 unspecified atom stereocenters. The van der Waals surface area contributed by atoms with Gasteiger partial charge in [0, 0.05) is 44.0 Å². The summed E-state index contributed by atoms with van der Waals surface area (Å²) in [6, 6.07) is 25.3. The van der Waals surface area contributed by atoms with Crippen LogP contribution in [-0.2, 0) is 23.1 Å². The molecule has 0 bridgehead atoms. The Morgan fingerprint density at radius 2 is 1.50 bits per heavy atom. The van der Waals surface area contributed by atoms with Gasteiger partial charge in [-0.05, 0) is 74.2 Å². The summed E-state index contributed by atoms with van der Waals surface area (Å²) in [5, 5.41) is 3.08. The van der Waals surface area contributed by atoms with Crippen LogP contribution in [0.15, 0.2) is 78.9 Å². The molecule has 0 saturated carbocycles. The Hall–Kier alpha value is -3.27. The number of carbonyl (C=O) groups excluding carboxylic acids is 1. The number of sulfonamides is 1. The van der Waals surface area contributed by atoms with Gasteiger partial charge in [-0.3, -0.25) is 9.62 Å². The van der Waals surface area contributed by atoms with Crippen LogP contribution in [0.5, 0.6) is 11.5 Å². The van der Waals surface area contributed by atoms with E-state index in [1.165, 1.54) is 5.56 Å². The number of halogens is 1. The number of carbonyl (C=O) groups is 1. The SMILES string of the molecule is CC(C)NC(=O)N(Cc1ccccc1)C1CCN(Cc2ccc(Oc3ccc(NS(C)(=O)=O)cc3)cc2)CC1.Cl. The molecule has 10 heteroatoms. The highest BCUT2D eigenvalue weighted by molar-refractivity contribution is 7.92. The van der Waals surface area contributed by atoms with E-state index >= 15 is 0 Å². The average molecular weight is 587 g/mol. The van der Waals surface area contributed by atoms with Gasteiger partial charge in [-0.2, -0.15) is 0 Å². The van der Waals surface area contributed by atoms with Crippen molar-refractivity contribution in [1.82, 2.24) is 15.1 Å². The molecule has 2 amide bonds. The van der Waals surface area contributed by atoms with Crippen LogP contribution in [-0.4, -0.2) is 55.7 Å². The number of likely N-dealkylation sites (tertiary alicyclic amines) is 1. The van der Waals surface area contributed by atoms with E-state index in [0.717, 1.165) is 44.3 Å². The van der Waals surface area contributed by atoms with Crippen molar-refractivity contribution in [2.75, 3.05) is 24.1 Å². The van der Waals surface area contributed by atoms with E-state index in [-0.39, 0.29) is 30.5 Å². The molecule has 1 aliphatic rings. The van der Waals surface area contributed by atoms with Gasteiger partial charge in [0.2, 0.25) is 10.0 Å². The Bertz CT molecular complexity index is 1310. The van der Waals surface area contributed by atoms with Gasteiger partial charge < -0.3 is 15.0 Å². The summed E-state index contributed by atoms with van der Waals surface area (Å²) in [4.78, 5) is 17.5. The summed E-state index contributed by atoms with van der Waals surface area (Å²) in [5.74, 6) is 1.35. The molecule has 0 aliphatic carbocycles. The molecule has 4 rings (SSSR count). The van der Waals surface area contributed by atoms with Gasteiger partial charge in [0.15, 0.2) is 0 Å². The van der Waals surface area contributed by atoms with Crippen molar-refractivity contribution in [2.45, 2.75) is 51.9 Å². The summed E-state index contributed by atoms with van der Waals surface area (Å²) in [6.07, 6.45) is 2.99. The Morgan fingerprint density at radius 1 is 0.925 bits per heavy atom. The van der Waals surface area contributed by atoms with Crippen LogP contribution in [0.3, 0.4) is 0 Å². The largest absolute Gasteiger partial charge is 0.457 e. The Balaban J connectivity index is 0.00000441. The Kier molecular flexibility index (Phi) is 11.2. The van der Waals surface area contributed by atoms with E-state index in [9.17, 15) is 13.2 Å². The molecular weight excluding hydrogens is 548 g/mol. The first-order valence-corrected chi connectivity index (χ1v) is 15.2. The average Bonchev–Trinajstić information content (AvgIpc) is 2.89. The molecule has 0 aromatic heterocycles. The minimum Gasteiger partial charge on any atom is -0.457 e. The topological polar surface area (TPSA) is 91.0 Å². The second-order valence-electron chi connectivity index (χ2n) is 10.4. The Labute approximate surface area is 244 Å². The number of piperidine rings is 1. The quantitative estimate of drug-likeness (QED) is 0.311. The second-order valence-corrected chi connectivity index (χ2v) is 12.1. The van der Waals surface area contributed by atoms with Crippen LogP contribution in [0, 0.1) is 0 Å². The Morgan fingerprint density at radius 3 is 2.05 bits per heavy atom. The van der Waals surface area contributed by atoms with Gasteiger partial charge >= 0.3 is 6.03 Å². The number of ether oxygens (including phenoxy) is 1. The monoisotopic (exact) mass is 586 g/mol. The molecule has 1 fully saturated rings. The van der Waals surface area contributed by atoms with Crippen molar-refractivity contribution in [3.05, 3.63) is 90.0 Å². The van der Waals surface area contributed by atoms with Gasteiger partial charge in [0.1, 0.15) is 11.5 Å². The van der Waals surface area contributed by atoms with Gasteiger partial charge in [-0.1, -0.05) is 42.5 Å². The maximum Gasteiger partial charge on any atom is 0.318 e. The lowest BCUT2D eigenvalue weighted by atomic mass is 10.0. The standard InChI is InChI=1S/C30H38N4O4S.ClH/c1-23(2)31-30(35)34(22-24-7-5-4-6-8-24)27-17-19-33(20-18-27)21-25-9-13-28(14-10-25)38-29-15-11-26(12-16-29)32-39(3,36)37;/h4-16,23,27,32H,17-22H2,1-3H3,(H,31,35);1H.